The zero-order valence-electron chi connectivity index (χ0n) is 11.1. The Hall–Kier alpha value is -2.56. The van der Waals surface area contributed by atoms with Crippen molar-refractivity contribution >= 4 is 5.97 Å². The second kappa shape index (κ2) is 6.56. The number of nitrogens with zero attached hydrogens (tertiary/aromatic N) is 1. The van der Waals surface area contributed by atoms with Crippen molar-refractivity contribution in [1.29, 1.82) is 0 Å². The molecule has 104 valence electrons. The van der Waals surface area contributed by atoms with Crippen LogP contribution in [-0.2, 0) is 0 Å². The smallest absolute Gasteiger partial charge is 0.358 e. The van der Waals surface area contributed by atoms with Gasteiger partial charge in [-0.2, -0.15) is 0 Å². The number of rotatable bonds is 6. The van der Waals surface area contributed by atoms with Crippen LogP contribution in [0.1, 0.15) is 16.1 Å². The third-order valence-corrected chi connectivity index (χ3v) is 2.67. The number of benzene rings is 1. The van der Waals surface area contributed by atoms with E-state index in [1.54, 1.807) is 12.1 Å². The highest BCUT2D eigenvalue weighted by molar-refractivity contribution is 5.88. The molecule has 0 atom stereocenters. The molecule has 2 aromatic rings. The summed E-state index contributed by atoms with van der Waals surface area (Å²) in [5, 5.41) is 8.96. The van der Waals surface area contributed by atoms with Crippen molar-refractivity contribution in [2.24, 2.45) is 0 Å². The van der Waals surface area contributed by atoms with E-state index in [-0.39, 0.29) is 18.1 Å². The van der Waals surface area contributed by atoms with E-state index in [0.29, 0.717) is 6.61 Å². The van der Waals surface area contributed by atoms with Crippen molar-refractivity contribution in [3.63, 3.8) is 0 Å². The van der Waals surface area contributed by atoms with Gasteiger partial charge in [-0.3, -0.25) is 0 Å². The minimum absolute atomic E-state index is 0.0941. The molecule has 20 heavy (non-hydrogen) atoms. The van der Waals surface area contributed by atoms with E-state index in [4.69, 9.17) is 14.6 Å². The van der Waals surface area contributed by atoms with Crippen LogP contribution < -0.4 is 9.47 Å². The summed E-state index contributed by atoms with van der Waals surface area (Å²) in [6, 6.07) is 10.9. The quantitative estimate of drug-likeness (QED) is 0.819. The Labute approximate surface area is 116 Å². The average molecular weight is 273 g/mol. The number of carboxylic acids is 1. The maximum Gasteiger partial charge on any atom is 0.358 e. The lowest BCUT2D eigenvalue weighted by molar-refractivity contribution is 0.0684. The van der Waals surface area contributed by atoms with Gasteiger partial charge in [0.2, 0.25) is 0 Å². The molecular formula is C15H15NO4. The molecule has 0 bridgehead atoms. The van der Waals surface area contributed by atoms with Crippen molar-refractivity contribution in [1.82, 2.24) is 4.98 Å². The van der Waals surface area contributed by atoms with E-state index in [0.717, 1.165) is 11.3 Å². The Morgan fingerprint density at radius 2 is 1.75 bits per heavy atom. The molecule has 5 nitrogen and oxygen atoms in total. The number of aromatic carboxylic acids is 1. The standard InChI is InChI=1S/C15H15NO4/c1-11-5-2-3-6-12(11)19-9-10-20-13-7-4-8-16-14(13)15(17)18/h2-8H,9-10H2,1H3,(H,17,18). The Bertz CT molecular complexity index is 598. The van der Waals surface area contributed by atoms with Gasteiger partial charge in [0.25, 0.3) is 0 Å². The number of carbonyl (C=O) groups is 1. The van der Waals surface area contributed by atoms with Gasteiger partial charge in [0.1, 0.15) is 19.0 Å². The molecule has 0 aliphatic rings. The highest BCUT2D eigenvalue weighted by Gasteiger charge is 2.11. The van der Waals surface area contributed by atoms with Gasteiger partial charge in [-0.05, 0) is 30.7 Å². The van der Waals surface area contributed by atoms with Gasteiger partial charge < -0.3 is 14.6 Å². The maximum absolute atomic E-state index is 10.9. The lowest BCUT2D eigenvalue weighted by Gasteiger charge is -2.10. The van der Waals surface area contributed by atoms with Crippen molar-refractivity contribution in [2.45, 2.75) is 6.92 Å². The molecule has 0 saturated heterocycles. The van der Waals surface area contributed by atoms with Crippen LogP contribution in [0.2, 0.25) is 0 Å². The fourth-order valence-corrected chi connectivity index (χ4v) is 1.69. The third-order valence-electron chi connectivity index (χ3n) is 2.67. The van der Waals surface area contributed by atoms with Gasteiger partial charge in [0.15, 0.2) is 11.4 Å². The first-order chi connectivity index (χ1) is 9.68. The van der Waals surface area contributed by atoms with E-state index < -0.39 is 5.97 Å². The number of hydrogen-bond donors (Lipinski definition) is 1. The summed E-state index contributed by atoms with van der Waals surface area (Å²) in [5.41, 5.74) is 0.948. The minimum Gasteiger partial charge on any atom is -0.490 e. The molecule has 0 unspecified atom stereocenters. The Kier molecular flexibility index (Phi) is 4.55. The number of carboxylic acid groups (broad SMARTS) is 1. The van der Waals surface area contributed by atoms with Gasteiger partial charge in [-0.25, -0.2) is 9.78 Å². The second-order valence-corrected chi connectivity index (χ2v) is 4.12. The molecule has 0 fully saturated rings. The van der Waals surface area contributed by atoms with E-state index >= 15 is 0 Å². The summed E-state index contributed by atoms with van der Waals surface area (Å²) in [6.45, 7) is 2.54. The molecule has 1 N–H and O–H groups in total. The summed E-state index contributed by atoms with van der Waals surface area (Å²) in [7, 11) is 0. The van der Waals surface area contributed by atoms with E-state index in [1.165, 1.54) is 6.20 Å². The number of pyridine rings is 1. The summed E-state index contributed by atoms with van der Waals surface area (Å²) >= 11 is 0. The first-order valence-electron chi connectivity index (χ1n) is 6.18. The molecular weight excluding hydrogens is 258 g/mol. The van der Waals surface area contributed by atoms with Crippen molar-refractivity contribution in [3.05, 3.63) is 53.9 Å². The van der Waals surface area contributed by atoms with Crippen LogP contribution in [0, 0.1) is 6.92 Å². The number of aromatic nitrogens is 1. The summed E-state index contributed by atoms with van der Waals surface area (Å²) in [4.78, 5) is 14.7. The predicted octanol–water partition coefficient (Wildman–Crippen LogP) is 2.55. The van der Waals surface area contributed by atoms with E-state index in [1.807, 2.05) is 31.2 Å². The molecule has 5 heteroatoms. The second-order valence-electron chi connectivity index (χ2n) is 4.12. The monoisotopic (exact) mass is 273 g/mol. The SMILES string of the molecule is Cc1ccccc1OCCOc1cccnc1C(=O)O. The van der Waals surface area contributed by atoms with Crippen molar-refractivity contribution in [2.75, 3.05) is 13.2 Å². The van der Waals surface area contributed by atoms with E-state index in [2.05, 4.69) is 4.98 Å². The van der Waals surface area contributed by atoms with E-state index in [9.17, 15) is 4.79 Å². The normalized spacial score (nSPS) is 10.1. The molecule has 1 heterocycles. The maximum atomic E-state index is 10.9. The predicted molar refractivity (Wildman–Crippen MR) is 73.4 cm³/mol. The van der Waals surface area contributed by atoms with Crippen LogP contribution in [0.3, 0.4) is 0 Å². The Balaban J connectivity index is 1.88. The van der Waals surface area contributed by atoms with Crippen LogP contribution >= 0.6 is 0 Å². The Morgan fingerprint density at radius 1 is 1.10 bits per heavy atom. The van der Waals surface area contributed by atoms with Crippen LogP contribution in [0.25, 0.3) is 0 Å². The van der Waals surface area contributed by atoms with Gasteiger partial charge in [-0.1, -0.05) is 18.2 Å². The van der Waals surface area contributed by atoms with Crippen LogP contribution in [0.5, 0.6) is 11.5 Å². The lowest BCUT2D eigenvalue weighted by atomic mass is 10.2. The summed E-state index contributed by atoms with van der Waals surface area (Å²) in [6.07, 6.45) is 1.42. The molecule has 0 aliphatic carbocycles. The topological polar surface area (TPSA) is 68.7 Å². The summed E-state index contributed by atoms with van der Waals surface area (Å²) < 4.78 is 11.0. The highest BCUT2D eigenvalue weighted by Crippen LogP contribution is 2.17. The summed E-state index contributed by atoms with van der Waals surface area (Å²) in [5.74, 6) is -0.0745. The number of hydrogen-bond acceptors (Lipinski definition) is 4. The largest absolute Gasteiger partial charge is 0.490 e. The first kappa shape index (κ1) is 13.9. The zero-order chi connectivity index (χ0) is 14.4. The minimum atomic E-state index is -1.11. The van der Waals surface area contributed by atoms with Crippen LogP contribution in [-0.4, -0.2) is 29.3 Å². The molecule has 0 spiro atoms. The molecule has 1 aromatic carbocycles. The molecule has 0 radical (unpaired) electrons. The number of ether oxygens (including phenoxy) is 2. The molecule has 2 rings (SSSR count). The molecule has 1 aromatic heterocycles. The number of para-hydroxylation sites is 1. The van der Waals surface area contributed by atoms with Crippen molar-refractivity contribution < 1.29 is 19.4 Å². The van der Waals surface area contributed by atoms with Gasteiger partial charge in [0, 0.05) is 6.20 Å². The molecule has 0 amide bonds. The first-order valence-corrected chi connectivity index (χ1v) is 6.18. The molecule has 0 aliphatic heterocycles. The fraction of sp³-hybridized carbons (Fsp3) is 0.200. The zero-order valence-corrected chi connectivity index (χ0v) is 11.1. The Morgan fingerprint density at radius 3 is 2.45 bits per heavy atom. The lowest BCUT2D eigenvalue weighted by Crippen LogP contribution is -2.12. The molecule has 0 saturated carbocycles. The van der Waals surface area contributed by atoms with Crippen molar-refractivity contribution in [3.8, 4) is 11.5 Å². The third kappa shape index (κ3) is 3.47. The van der Waals surface area contributed by atoms with Crippen LogP contribution in [0.15, 0.2) is 42.6 Å². The highest BCUT2D eigenvalue weighted by atomic mass is 16.5. The fourth-order valence-electron chi connectivity index (χ4n) is 1.69. The van der Waals surface area contributed by atoms with Gasteiger partial charge in [0.05, 0.1) is 0 Å². The van der Waals surface area contributed by atoms with Gasteiger partial charge in [-0.15, -0.1) is 0 Å². The number of aryl methyl sites for hydroxylation is 1. The van der Waals surface area contributed by atoms with Crippen LogP contribution in [0.4, 0.5) is 0 Å². The average Bonchev–Trinajstić information content (AvgIpc) is 2.45. The van der Waals surface area contributed by atoms with Gasteiger partial charge >= 0.3 is 5.97 Å².